The molecule has 0 aliphatic rings. The van der Waals surface area contributed by atoms with Crippen LogP contribution >= 0.6 is 0 Å². The molecule has 0 radical (unpaired) electrons. The van der Waals surface area contributed by atoms with Gasteiger partial charge in [-0.1, -0.05) is 54.6 Å². The largest absolute Gasteiger partial charge is 0.497 e. The minimum absolute atomic E-state index is 0.0260. The summed E-state index contributed by atoms with van der Waals surface area (Å²) >= 11 is 0. The highest BCUT2D eigenvalue weighted by molar-refractivity contribution is 6.02. The van der Waals surface area contributed by atoms with E-state index in [9.17, 15) is 19.5 Å². The van der Waals surface area contributed by atoms with Crippen molar-refractivity contribution in [2.45, 2.75) is 25.6 Å². The molecule has 0 spiro atoms. The summed E-state index contributed by atoms with van der Waals surface area (Å²) in [4.78, 5) is 38.1. The fourth-order valence-electron chi connectivity index (χ4n) is 5.09. The van der Waals surface area contributed by atoms with E-state index < -0.39 is 29.6 Å². The number of methoxy groups -OCH3 is 2. The Bertz CT molecular complexity index is 1550. The Kier molecular flexibility index (Phi) is 12.1. The van der Waals surface area contributed by atoms with Gasteiger partial charge in [0.2, 0.25) is 0 Å². The molecule has 10 nitrogen and oxygen atoms in total. The van der Waals surface area contributed by atoms with Gasteiger partial charge in [0.1, 0.15) is 17.1 Å². The molecule has 10 heteroatoms. The zero-order valence-corrected chi connectivity index (χ0v) is 26.9. The smallest absolute Gasteiger partial charge is 0.338 e. The van der Waals surface area contributed by atoms with Gasteiger partial charge >= 0.3 is 11.9 Å². The van der Waals surface area contributed by atoms with E-state index in [4.69, 9.17) is 23.7 Å². The highest BCUT2D eigenvalue weighted by Crippen LogP contribution is 2.41. The first kappa shape index (κ1) is 34.7. The van der Waals surface area contributed by atoms with Crippen LogP contribution < -0.4 is 14.8 Å². The van der Waals surface area contributed by atoms with E-state index in [1.54, 1.807) is 28.1 Å². The van der Waals surface area contributed by atoms with E-state index in [1.807, 2.05) is 78.9 Å². The van der Waals surface area contributed by atoms with Gasteiger partial charge in [-0.3, -0.25) is 4.79 Å². The Balaban J connectivity index is 1.61. The second kappa shape index (κ2) is 16.4. The van der Waals surface area contributed by atoms with Crippen LogP contribution in [0.4, 0.5) is 0 Å². The molecule has 2 N–H and O–H groups in total. The molecule has 0 aliphatic heterocycles. The fraction of sp³-hybridized carbons (Fsp3) is 0.270. The SMILES string of the molecule is CCOC(=O)c1cc(C(=O)NCC(O)COC(c2ccccc2)(c2ccc(OC)cc2)c2ccc(OC)cc2)cc(C(=O)OCC)c1. The number of carbonyl (C=O) groups excluding carboxylic acids is 3. The Hall–Kier alpha value is -5.19. The summed E-state index contributed by atoms with van der Waals surface area (Å²) < 4.78 is 27.6. The summed E-state index contributed by atoms with van der Waals surface area (Å²) in [5.41, 5.74) is 1.31. The summed E-state index contributed by atoms with van der Waals surface area (Å²) in [6.45, 7) is 3.18. The maximum absolute atomic E-state index is 13.2. The summed E-state index contributed by atoms with van der Waals surface area (Å²) in [7, 11) is 3.18. The molecule has 0 aromatic heterocycles. The minimum atomic E-state index is -1.16. The maximum atomic E-state index is 13.2. The van der Waals surface area contributed by atoms with Crippen LogP contribution in [0.2, 0.25) is 0 Å². The van der Waals surface area contributed by atoms with Crippen LogP contribution in [0, 0.1) is 0 Å². The Morgan fingerprint density at radius 3 is 1.57 bits per heavy atom. The highest BCUT2D eigenvalue weighted by Gasteiger charge is 2.38. The Morgan fingerprint density at radius 2 is 1.13 bits per heavy atom. The molecule has 0 aliphatic carbocycles. The second-order valence-electron chi connectivity index (χ2n) is 10.4. The number of hydrogen-bond donors (Lipinski definition) is 2. The molecule has 4 rings (SSSR count). The quantitative estimate of drug-likeness (QED) is 0.134. The van der Waals surface area contributed by atoms with E-state index in [-0.39, 0.29) is 43.1 Å². The van der Waals surface area contributed by atoms with Crippen molar-refractivity contribution in [1.29, 1.82) is 0 Å². The van der Waals surface area contributed by atoms with Crippen LogP contribution in [0.25, 0.3) is 0 Å². The number of benzene rings is 4. The molecule has 0 fully saturated rings. The van der Waals surface area contributed by atoms with E-state index in [1.165, 1.54) is 18.2 Å². The standard InChI is InChI=1S/C37H39NO9/c1-5-45-35(41)26-20-25(21-27(22-26)36(42)46-6-2)34(40)38-23-31(39)24-47-37(28-10-8-7-9-11-28,29-12-16-32(43-3)17-13-29)30-14-18-33(44-4)19-15-30/h7-22,31,39H,5-6,23-24H2,1-4H3,(H,38,40). The van der Waals surface area contributed by atoms with Gasteiger partial charge in [0.05, 0.1) is 51.3 Å². The zero-order valence-electron chi connectivity index (χ0n) is 26.9. The number of aliphatic hydroxyl groups excluding tert-OH is 1. The lowest BCUT2D eigenvalue weighted by molar-refractivity contribution is -0.0368. The number of hydrogen-bond acceptors (Lipinski definition) is 9. The van der Waals surface area contributed by atoms with Crippen LogP contribution in [0.3, 0.4) is 0 Å². The zero-order chi connectivity index (χ0) is 33.8. The lowest BCUT2D eigenvalue weighted by Gasteiger charge is -2.36. The third kappa shape index (κ3) is 8.35. The van der Waals surface area contributed by atoms with Crippen LogP contribution in [0.1, 0.15) is 61.6 Å². The number of carbonyl (C=O) groups is 3. The molecule has 1 unspecified atom stereocenters. The van der Waals surface area contributed by atoms with E-state index in [0.717, 1.165) is 16.7 Å². The lowest BCUT2D eigenvalue weighted by atomic mass is 9.80. The Morgan fingerprint density at radius 1 is 0.681 bits per heavy atom. The van der Waals surface area contributed by atoms with Gasteiger partial charge in [0.25, 0.3) is 5.91 Å². The normalized spacial score (nSPS) is 11.7. The minimum Gasteiger partial charge on any atom is -0.497 e. The monoisotopic (exact) mass is 641 g/mol. The van der Waals surface area contributed by atoms with E-state index in [2.05, 4.69) is 5.32 Å². The molecular formula is C37H39NO9. The van der Waals surface area contributed by atoms with Crippen LogP contribution in [-0.4, -0.2) is 69.6 Å². The molecule has 1 atom stereocenters. The number of nitrogens with one attached hydrogen (secondary N) is 1. The van der Waals surface area contributed by atoms with Gasteiger partial charge in [-0.15, -0.1) is 0 Å². The van der Waals surface area contributed by atoms with E-state index >= 15 is 0 Å². The van der Waals surface area contributed by atoms with Crippen molar-refractivity contribution < 1.29 is 43.2 Å². The van der Waals surface area contributed by atoms with Crippen LogP contribution in [0.5, 0.6) is 11.5 Å². The fourth-order valence-corrected chi connectivity index (χ4v) is 5.09. The number of esters is 2. The first-order valence-corrected chi connectivity index (χ1v) is 15.2. The topological polar surface area (TPSA) is 130 Å². The first-order chi connectivity index (χ1) is 22.7. The number of rotatable bonds is 15. The number of amides is 1. The number of aliphatic hydroxyl groups is 1. The van der Waals surface area contributed by atoms with Crippen molar-refractivity contribution in [2.24, 2.45) is 0 Å². The third-order valence-corrected chi connectivity index (χ3v) is 7.38. The summed E-state index contributed by atoms with van der Waals surface area (Å²) in [6.07, 6.45) is -1.14. The average Bonchev–Trinajstić information content (AvgIpc) is 3.11. The summed E-state index contributed by atoms with van der Waals surface area (Å²) in [5.74, 6) is -0.635. The van der Waals surface area contributed by atoms with Crippen molar-refractivity contribution in [3.63, 3.8) is 0 Å². The molecule has 0 saturated carbocycles. The average molecular weight is 642 g/mol. The summed E-state index contributed by atoms with van der Waals surface area (Å²) in [5, 5.41) is 13.8. The molecule has 4 aromatic rings. The van der Waals surface area contributed by atoms with Gasteiger partial charge in [-0.05, 0) is 73.0 Å². The van der Waals surface area contributed by atoms with Crippen molar-refractivity contribution in [1.82, 2.24) is 5.32 Å². The van der Waals surface area contributed by atoms with Gasteiger partial charge in [0.15, 0.2) is 0 Å². The molecule has 4 aromatic carbocycles. The van der Waals surface area contributed by atoms with Gasteiger partial charge in [0, 0.05) is 12.1 Å². The summed E-state index contributed by atoms with van der Waals surface area (Å²) in [6, 6.07) is 28.6. The number of ether oxygens (including phenoxy) is 5. The molecule has 0 heterocycles. The highest BCUT2D eigenvalue weighted by atomic mass is 16.5. The van der Waals surface area contributed by atoms with Crippen molar-refractivity contribution in [2.75, 3.05) is 40.6 Å². The molecule has 246 valence electrons. The predicted molar refractivity (Wildman–Crippen MR) is 175 cm³/mol. The van der Waals surface area contributed by atoms with Crippen molar-refractivity contribution in [3.8, 4) is 11.5 Å². The molecular weight excluding hydrogens is 602 g/mol. The first-order valence-electron chi connectivity index (χ1n) is 15.2. The molecule has 47 heavy (non-hydrogen) atoms. The Labute approximate surface area is 274 Å². The van der Waals surface area contributed by atoms with Gasteiger partial charge < -0.3 is 34.1 Å². The molecule has 0 bridgehead atoms. The van der Waals surface area contributed by atoms with Gasteiger partial charge in [-0.25, -0.2) is 9.59 Å². The third-order valence-electron chi connectivity index (χ3n) is 7.38. The van der Waals surface area contributed by atoms with Crippen molar-refractivity contribution in [3.05, 3.63) is 130 Å². The van der Waals surface area contributed by atoms with Gasteiger partial charge in [-0.2, -0.15) is 0 Å². The van der Waals surface area contributed by atoms with Crippen LogP contribution in [-0.2, 0) is 19.8 Å². The van der Waals surface area contributed by atoms with E-state index in [0.29, 0.717) is 11.5 Å². The maximum Gasteiger partial charge on any atom is 0.338 e. The second-order valence-corrected chi connectivity index (χ2v) is 10.4. The molecule has 1 amide bonds. The van der Waals surface area contributed by atoms with Crippen LogP contribution in [0.15, 0.2) is 97.1 Å². The lowest BCUT2D eigenvalue weighted by Crippen LogP contribution is -2.39. The van der Waals surface area contributed by atoms with Crippen molar-refractivity contribution >= 4 is 17.8 Å². The predicted octanol–water partition coefficient (Wildman–Crippen LogP) is 5.16. The molecule has 0 saturated heterocycles.